The van der Waals surface area contributed by atoms with E-state index >= 15 is 0 Å². The van der Waals surface area contributed by atoms with E-state index in [-0.39, 0.29) is 29.8 Å². The standard InChI is InChI=1S/C41H46Cl2N6O5/c1-44-37(50)24-15-17-48(20-24)22-26-11-13-34(46-39(26)52-3)32-10-6-9-31(36(32)43)28-7-5-8-30-29(28)12-14-35(30)54-41-33(42)19-27(40(47-41)53-4)23-49-18-16-25(21-49)38(51)45-2/h5-11,13,19,24-25,35H,12,14-18,20-23H2,1-4H3,(H,44,50)(H,45,51)/t24?,25?,35-/m0/s1. The minimum Gasteiger partial charge on any atom is -0.481 e. The molecule has 4 heterocycles. The van der Waals surface area contributed by atoms with Crippen molar-refractivity contribution in [3.8, 4) is 40.0 Å². The lowest BCUT2D eigenvalue weighted by Gasteiger charge is -2.20. The monoisotopic (exact) mass is 772 g/mol. The Balaban J connectivity index is 1.09. The number of carbonyl (C=O) groups excluding carboxylic acids is 2. The van der Waals surface area contributed by atoms with E-state index < -0.39 is 0 Å². The maximum atomic E-state index is 12.2. The van der Waals surface area contributed by atoms with E-state index in [2.05, 4.69) is 32.6 Å². The van der Waals surface area contributed by atoms with Gasteiger partial charge in [0.05, 0.1) is 36.8 Å². The largest absolute Gasteiger partial charge is 0.481 e. The van der Waals surface area contributed by atoms with Crippen molar-refractivity contribution in [1.29, 1.82) is 0 Å². The normalized spacial score (nSPS) is 19.8. The Morgan fingerprint density at radius 1 is 0.759 bits per heavy atom. The van der Waals surface area contributed by atoms with Crippen LogP contribution in [-0.2, 0) is 29.1 Å². The summed E-state index contributed by atoms with van der Waals surface area (Å²) in [4.78, 5) is 38.4. The third-order valence-electron chi connectivity index (χ3n) is 10.9. The second-order valence-corrected chi connectivity index (χ2v) is 14.9. The molecule has 11 nitrogen and oxygen atoms in total. The number of carbonyl (C=O) groups is 2. The van der Waals surface area contributed by atoms with E-state index in [9.17, 15) is 9.59 Å². The van der Waals surface area contributed by atoms with Crippen molar-refractivity contribution < 1.29 is 23.8 Å². The van der Waals surface area contributed by atoms with Crippen LogP contribution in [0.1, 0.15) is 47.6 Å². The van der Waals surface area contributed by atoms with Crippen LogP contribution in [-0.4, -0.2) is 86.1 Å². The van der Waals surface area contributed by atoms with Gasteiger partial charge in [0.2, 0.25) is 29.5 Å². The first-order valence-electron chi connectivity index (χ1n) is 18.4. The van der Waals surface area contributed by atoms with E-state index in [0.717, 1.165) is 77.8 Å². The number of hydrogen-bond donors (Lipinski definition) is 2. The topological polar surface area (TPSA) is 118 Å². The molecule has 2 aromatic carbocycles. The van der Waals surface area contributed by atoms with Crippen LogP contribution in [0.4, 0.5) is 0 Å². The first kappa shape index (κ1) is 37.9. The molecular formula is C41H46Cl2N6O5. The minimum absolute atomic E-state index is 0.00194. The highest BCUT2D eigenvalue weighted by Gasteiger charge is 2.32. The Hall–Kier alpha value is -4.42. The van der Waals surface area contributed by atoms with Gasteiger partial charge in [-0.15, -0.1) is 0 Å². The quantitative estimate of drug-likeness (QED) is 0.170. The Kier molecular flexibility index (Phi) is 11.6. The Labute approximate surface area is 326 Å². The van der Waals surface area contributed by atoms with Gasteiger partial charge in [-0.1, -0.05) is 65.7 Å². The van der Waals surface area contributed by atoms with Gasteiger partial charge < -0.3 is 24.8 Å². The molecule has 2 aromatic heterocycles. The molecule has 2 N–H and O–H groups in total. The zero-order chi connectivity index (χ0) is 37.9. The smallest absolute Gasteiger partial charge is 0.236 e. The van der Waals surface area contributed by atoms with Crippen molar-refractivity contribution in [2.75, 3.05) is 54.5 Å². The number of nitrogens with zero attached hydrogens (tertiary/aromatic N) is 4. The summed E-state index contributed by atoms with van der Waals surface area (Å²) in [5.41, 5.74) is 7.53. The van der Waals surface area contributed by atoms with Crippen molar-refractivity contribution in [1.82, 2.24) is 30.4 Å². The van der Waals surface area contributed by atoms with E-state index in [0.29, 0.717) is 53.9 Å². The van der Waals surface area contributed by atoms with Crippen LogP contribution in [0, 0.1) is 11.8 Å². The van der Waals surface area contributed by atoms with Gasteiger partial charge in [0.1, 0.15) is 11.1 Å². The molecule has 2 unspecified atom stereocenters. The Bertz CT molecular complexity index is 2050. The van der Waals surface area contributed by atoms with Crippen LogP contribution in [0.3, 0.4) is 0 Å². The molecule has 0 saturated carbocycles. The highest BCUT2D eigenvalue weighted by atomic mass is 35.5. The molecule has 2 fully saturated rings. The summed E-state index contributed by atoms with van der Waals surface area (Å²) in [6, 6.07) is 18.1. The number of halogens is 2. The first-order chi connectivity index (χ1) is 26.2. The number of pyridine rings is 2. The Morgan fingerprint density at radius 3 is 2.04 bits per heavy atom. The number of ether oxygens (including phenoxy) is 3. The molecule has 284 valence electrons. The van der Waals surface area contributed by atoms with E-state index in [1.807, 2.05) is 42.5 Å². The SMILES string of the molecule is CNC(=O)C1CCN(Cc2ccc(-c3cccc(-c4cccc5c4CC[C@@H]5Oc4nc(OC)c(CN5CCC(C(=O)NC)C5)cc4Cl)c3Cl)nc2OC)C1. The van der Waals surface area contributed by atoms with Crippen LogP contribution in [0.2, 0.25) is 10.0 Å². The van der Waals surface area contributed by atoms with Gasteiger partial charge in [0.15, 0.2) is 0 Å². The predicted octanol–water partition coefficient (Wildman–Crippen LogP) is 6.34. The van der Waals surface area contributed by atoms with E-state index in [1.54, 1.807) is 28.3 Å². The fourth-order valence-corrected chi connectivity index (χ4v) is 8.66. The molecule has 2 amide bonds. The molecule has 0 radical (unpaired) electrons. The van der Waals surface area contributed by atoms with Gasteiger partial charge in [-0.3, -0.25) is 19.4 Å². The minimum atomic E-state index is -0.255. The molecular weight excluding hydrogens is 727 g/mol. The van der Waals surface area contributed by atoms with Gasteiger partial charge in [-0.05, 0) is 67.6 Å². The van der Waals surface area contributed by atoms with Crippen LogP contribution in [0.15, 0.2) is 54.6 Å². The van der Waals surface area contributed by atoms with Crippen molar-refractivity contribution in [3.05, 3.63) is 86.9 Å². The molecule has 54 heavy (non-hydrogen) atoms. The van der Waals surface area contributed by atoms with Crippen molar-refractivity contribution in [3.63, 3.8) is 0 Å². The maximum Gasteiger partial charge on any atom is 0.236 e. The van der Waals surface area contributed by atoms with Crippen molar-refractivity contribution >= 4 is 35.0 Å². The fourth-order valence-electron chi connectivity index (χ4n) is 8.12. The summed E-state index contributed by atoms with van der Waals surface area (Å²) >= 11 is 14.0. The Morgan fingerprint density at radius 2 is 1.37 bits per heavy atom. The van der Waals surface area contributed by atoms with Gasteiger partial charge in [0.25, 0.3) is 0 Å². The molecule has 13 heteroatoms. The zero-order valence-electron chi connectivity index (χ0n) is 31.1. The van der Waals surface area contributed by atoms with E-state index in [4.69, 9.17) is 47.4 Å². The summed E-state index contributed by atoms with van der Waals surface area (Å²) in [7, 11) is 6.58. The van der Waals surface area contributed by atoms with Gasteiger partial charge >= 0.3 is 0 Å². The molecule has 3 atom stereocenters. The van der Waals surface area contributed by atoms with Crippen LogP contribution < -0.4 is 24.8 Å². The number of methoxy groups -OCH3 is 2. The number of nitrogens with one attached hydrogen (secondary N) is 2. The number of fused-ring (bicyclic) bond motifs is 1. The lowest BCUT2D eigenvalue weighted by Crippen LogP contribution is -2.30. The number of rotatable bonds is 12. The van der Waals surface area contributed by atoms with Gasteiger partial charge in [0, 0.05) is 62.5 Å². The predicted molar refractivity (Wildman–Crippen MR) is 209 cm³/mol. The third kappa shape index (κ3) is 7.73. The van der Waals surface area contributed by atoms with Gasteiger partial charge in [-0.2, -0.15) is 4.98 Å². The number of likely N-dealkylation sites (tertiary alicyclic amines) is 2. The van der Waals surface area contributed by atoms with Crippen LogP contribution in [0.25, 0.3) is 22.4 Å². The molecule has 2 saturated heterocycles. The van der Waals surface area contributed by atoms with Crippen LogP contribution >= 0.6 is 23.2 Å². The van der Waals surface area contributed by atoms with E-state index in [1.165, 1.54) is 5.56 Å². The average molecular weight is 774 g/mol. The molecule has 1 aliphatic carbocycles. The highest BCUT2D eigenvalue weighted by molar-refractivity contribution is 6.36. The summed E-state index contributed by atoms with van der Waals surface area (Å²) in [5, 5.41) is 6.54. The lowest BCUT2D eigenvalue weighted by atomic mass is 9.94. The molecule has 4 aromatic rings. The average Bonchev–Trinajstić information content (AvgIpc) is 3.96. The summed E-state index contributed by atoms with van der Waals surface area (Å²) < 4.78 is 18.0. The second kappa shape index (κ2) is 16.5. The number of hydrogen-bond acceptors (Lipinski definition) is 9. The third-order valence-corrected chi connectivity index (χ3v) is 11.6. The van der Waals surface area contributed by atoms with Gasteiger partial charge in [-0.25, -0.2) is 4.98 Å². The second-order valence-electron chi connectivity index (χ2n) is 14.2. The van der Waals surface area contributed by atoms with Crippen molar-refractivity contribution in [2.45, 2.75) is 44.9 Å². The first-order valence-corrected chi connectivity index (χ1v) is 19.2. The highest BCUT2D eigenvalue weighted by Crippen LogP contribution is 2.45. The molecule has 2 aliphatic heterocycles. The molecule has 7 rings (SSSR count). The van der Waals surface area contributed by atoms with Crippen LogP contribution in [0.5, 0.6) is 17.6 Å². The number of amides is 2. The van der Waals surface area contributed by atoms with Crippen molar-refractivity contribution in [2.24, 2.45) is 11.8 Å². The zero-order valence-corrected chi connectivity index (χ0v) is 32.6. The summed E-state index contributed by atoms with van der Waals surface area (Å²) in [5.74, 6) is 1.44. The fraction of sp³-hybridized carbons (Fsp3) is 0.415. The number of aromatic nitrogens is 2. The summed E-state index contributed by atoms with van der Waals surface area (Å²) in [6.07, 6.45) is 2.94. The molecule has 0 spiro atoms. The molecule has 0 bridgehead atoms. The molecule has 3 aliphatic rings. The maximum absolute atomic E-state index is 12.2. The number of benzene rings is 2. The lowest BCUT2D eigenvalue weighted by molar-refractivity contribution is -0.124. The summed E-state index contributed by atoms with van der Waals surface area (Å²) in [6.45, 7) is 4.25.